The third kappa shape index (κ3) is 9.25. The Morgan fingerprint density at radius 2 is 1.48 bits per heavy atom. The third-order valence-electron chi connectivity index (χ3n) is 12.7. The molecule has 5 N–H and O–H groups in total. The molecule has 1 atom stereocenters. The van der Waals surface area contributed by atoms with E-state index in [1.54, 1.807) is 25.4 Å². The third-order valence-corrected chi connectivity index (χ3v) is 12.7. The number of methoxy groups -OCH3 is 1. The van der Waals surface area contributed by atoms with Crippen molar-refractivity contribution in [3.63, 3.8) is 0 Å². The van der Waals surface area contributed by atoms with Crippen molar-refractivity contribution in [3.8, 4) is 51.2 Å². The Labute approximate surface area is 398 Å². The molecule has 1 saturated carbocycles. The number of hydrogen-bond acceptors (Lipinski definition) is 11. The molecule has 1 fully saturated rings. The minimum Gasteiger partial charge on any atom is -0.496 e. The van der Waals surface area contributed by atoms with E-state index < -0.39 is 5.82 Å². The van der Waals surface area contributed by atoms with E-state index in [0.29, 0.717) is 59.0 Å². The number of aromatic nitrogens is 8. The first-order chi connectivity index (χ1) is 33.3. The van der Waals surface area contributed by atoms with Crippen LogP contribution in [0.4, 0.5) is 27.4 Å². The highest BCUT2D eigenvalue weighted by Crippen LogP contribution is 2.41. The lowest BCUT2D eigenvalue weighted by atomic mass is 9.79. The molecule has 6 heterocycles. The topological polar surface area (TPSA) is 190 Å². The molecule has 3 aliphatic rings. The van der Waals surface area contributed by atoms with Gasteiger partial charge in [0.15, 0.2) is 23.3 Å². The van der Waals surface area contributed by atoms with Crippen LogP contribution in [0.1, 0.15) is 88.8 Å². The first kappa shape index (κ1) is 44.6. The van der Waals surface area contributed by atoms with Crippen LogP contribution >= 0.6 is 0 Å². The number of carbonyl (C=O) groups excluding carboxylic acids is 2. The van der Waals surface area contributed by atoms with Crippen LogP contribution in [0, 0.1) is 12.7 Å². The van der Waals surface area contributed by atoms with Gasteiger partial charge in [0.25, 0.3) is 11.8 Å². The molecule has 0 spiro atoms. The molecule has 8 aromatic rings. The molecule has 0 bridgehead atoms. The van der Waals surface area contributed by atoms with Gasteiger partial charge in [-0.15, -0.1) is 0 Å². The van der Waals surface area contributed by atoms with Crippen LogP contribution in [-0.2, 0) is 12.5 Å². The number of ether oxygens (including phenoxy) is 1. The largest absolute Gasteiger partial charge is 0.496 e. The molecule has 2 amide bonds. The van der Waals surface area contributed by atoms with E-state index in [4.69, 9.17) is 9.72 Å². The van der Waals surface area contributed by atoms with Crippen LogP contribution in [0.2, 0.25) is 0 Å². The predicted molar refractivity (Wildman–Crippen MR) is 263 cm³/mol. The number of amides is 2. The van der Waals surface area contributed by atoms with Gasteiger partial charge in [0.1, 0.15) is 23.2 Å². The molecule has 11 rings (SSSR count). The van der Waals surface area contributed by atoms with Crippen LogP contribution < -0.4 is 26.0 Å². The summed E-state index contributed by atoms with van der Waals surface area (Å²) in [6.45, 7) is 9.40. The molecule has 15 nitrogen and oxygen atoms in total. The standard InChI is InChI=1S/C29H29FN6O2.C24H22N6O/c1-29(2)15-32-28(37)19-10-8-18(12-21(19)29)33-26-22(30)13-31-25(35-26)17-7-9-20(24(11-17)38-4)23-14-36(3)27(34-23)16-5-6-16;1-14-12-27-24(31)19-8-7-18(11-20(14)19)29-21-9-10-25-22(30-21)16-3-5-17(6-4-16)23-26-13-15(2)28-23/h7-14,16H,5-6,15H2,1-4H3,(H,32,37)(H,31,33,35);3-11,13-14H,12H2,1-2H3,(H,26,28)(H,27,31)(H,25,29,30). The summed E-state index contributed by atoms with van der Waals surface area (Å²) in [4.78, 5) is 54.6. The zero-order valence-electron chi connectivity index (χ0n) is 39.1. The average Bonchev–Trinajstić information content (AvgIpc) is 3.99. The lowest BCUT2D eigenvalue weighted by Crippen LogP contribution is -2.43. The van der Waals surface area contributed by atoms with Gasteiger partial charge in [0.05, 0.1) is 19.0 Å². The zero-order valence-corrected chi connectivity index (χ0v) is 39.1. The van der Waals surface area contributed by atoms with Crippen molar-refractivity contribution in [2.24, 2.45) is 7.05 Å². The molecule has 348 valence electrons. The highest BCUT2D eigenvalue weighted by atomic mass is 19.1. The van der Waals surface area contributed by atoms with Crippen LogP contribution in [0.25, 0.3) is 45.4 Å². The van der Waals surface area contributed by atoms with Crippen molar-refractivity contribution in [1.29, 1.82) is 0 Å². The van der Waals surface area contributed by atoms with E-state index in [1.165, 1.54) is 12.8 Å². The summed E-state index contributed by atoms with van der Waals surface area (Å²) in [5.41, 5.74) is 9.98. The van der Waals surface area contributed by atoms with E-state index in [2.05, 4.69) is 76.5 Å². The molecule has 16 heteroatoms. The van der Waals surface area contributed by atoms with Crippen LogP contribution in [0.15, 0.2) is 110 Å². The number of rotatable bonds is 10. The summed E-state index contributed by atoms with van der Waals surface area (Å²) in [7, 11) is 3.63. The van der Waals surface area contributed by atoms with E-state index >= 15 is 0 Å². The SMILES string of the molecule is COc1cc(-c2ncc(F)c(Nc3ccc4c(c3)C(C)(C)CNC4=O)n2)ccc1-c1cn(C)c(C2CC2)n1.Cc1cnc(-c2ccc(-c3nccc(Nc4ccc5c(c4)C(C)CNC5=O)n3)cc2)[nH]1. The van der Waals surface area contributed by atoms with Crippen molar-refractivity contribution in [2.45, 2.75) is 57.8 Å². The first-order valence-corrected chi connectivity index (χ1v) is 22.9. The Morgan fingerprint density at radius 3 is 2.23 bits per heavy atom. The number of nitrogens with zero attached hydrogens (tertiary/aromatic N) is 7. The highest BCUT2D eigenvalue weighted by molar-refractivity contribution is 5.98. The maximum absolute atomic E-state index is 14.8. The fraction of sp³-hybridized carbons (Fsp3) is 0.245. The molecule has 1 aliphatic carbocycles. The number of nitrogens with one attached hydrogen (secondary N) is 5. The van der Waals surface area contributed by atoms with Gasteiger partial charge in [-0.2, -0.15) is 0 Å². The van der Waals surface area contributed by atoms with E-state index in [1.807, 2.05) is 99.2 Å². The molecule has 0 saturated heterocycles. The summed E-state index contributed by atoms with van der Waals surface area (Å²) < 4.78 is 22.5. The quantitative estimate of drug-likeness (QED) is 0.0878. The van der Waals surface area contributed by atoms with Gasteiger partial charge >= 0.3 is 0 Å². The number of aromatic amines is 1. The molecule has 4 aromatic carbocycles. The Balaban J connectivity index is 0.000000164. The fourth-order valence-corrected chi connectivity index (χ4v) is 8.73. The first-order valence-electron chi connectivity index (χ1n) is 22.9. The van der Waals surface area contributed by atoms with Gasteiger partial charge in [-0.3, -0.25) is 9.59 Å². The van der Waals surface area contributed by atoms with E-state index in [0.717, 1.165) is 68.3 Å². The minimum absolute atomic E-state index is 0.0165. The number of imidazole rings is 2. The summed E-state index contributed by atoms with van der Waals surface area (Å²) in [6.07, 6.45) is 9.08. The lowest BCUT2D eigenvalue weighted by Gasteiger charge is -2.32. The van der Waals surface area contributed by atoms with Crippen molar-refractivity contribution >= 4 is 34.8 Å². The minimum atomic E-state index is -0.576. The number of H-pyrrole nitrogens is 1. The number of carbonyl (C=O) groups is 2. The number of halogens is 1. The Hall–Kier alpha value is -8.27. The van der Waals surface area contributed by atoms with Crippen molar-refractivity contribution < 1.29 is 18.7 Å². The predicted octanol–water partition coefficient (Wildman–Crippen LogP) is 9.77. The van der Waals surface area contributed by atoms with Gasteiger partial charge in [-0.1, -0.05) is 51.1 Å². The molecular weight excluding hydrogens is 872 g/mol. The number of aryl methyl sites for hydroxylation is 2. The molecular formula is C53H51FN12O3. The van der Waals surface area contributed by atoms with Crippen molar-refractivity contribution in [2.75, 3.05) is 30.8 Å². The molecule has 0 radical (unpaired) electrons. The van der Waals surface area contributed by atoms with Crippen LogP contribution in [0.5, 0.6) is 5.75 Å². The Morgan fingerprint density at radius 1 is 0.768 bits per heavy atom. The normalized spacial score (nSPS) is 15.7. The van der Waals surface area contributed by atoms with Gasteiger partial charge < -0.3 is 35.6 Å². The summed E-state index contributed by atoms with van der Waals surface area (Å²) >= 11 is 0. The van der Waals surface area contributed by atoms with Crippen LogP contribution in [0.3, 0.4) is 0 Å². The maximum atomic E-state index is 14.8. The van der Waals surface area contributed by atoms with Gasteiger partial charge in [-0.25, -0.2) is 34.3 Å². The smallest absolute Gasteiger partial charge is 0.251 e. The second-order valence-corrected chi connectivity index (χ2v) is 18.4. The Kier molecular flexibility index (Phi) is 11.7. The zero-order chi connectivity index (χ0) is 48.0. The lowest BCUT2D eigenvalue weighted by molar-refractivity contribution is 0.0926. The number of fused-ring (bicyclic) bond motifs is 2. The van der Waals surface area contributed by atoms with Crippen LogP contribution in [-0.4, -0.2) is 71.5 Å². The maximum Gasteiger partial charge on any atom is 0.251 e. The second kappa shape index (κ2) is 18.1. The number of hydrogen-bond donors (Lipinski definition) is 5. The molecule has 1 unspecified atom stereocenters. The molecule has 2 aliphatic heterocycles. The monoisotopic (exact) mass is 922 g/mol. The van der Waals surface area contributed by atoms with E-state index in [-0.39, 0.29) is 29.0 Å². The van der Waals surface area contributed by atoms with Gasteiger partial charge in [-0.05, 0) is 91.4 Å². The van der Waals surface area contributed by atoms with Gasteiger partial charge in [0.2, 0.25) is 0 Å². The number of benzene rings is 4. The highest BCUT2D eigenvalue weighted by Gasteiger charge is 2.32. The van der Waals surface area contributed by atoms with Gasteiger partial charge in [0, 0.05) is 101 Å². The fourth-order valence-electron chi connectivity index (χ4n) is 8.73. The Bertz CT molecular complexity index is 3270. The summed E-state index contributed by atoms with van der Waals surface area (Å²) in [5.74, 6) is 4.43. The average molecular weight is 923 g/mol. The van der Waals surface area contributed by atoms with E-state index in [9.17, 15) is 14.0 Å². The molecule has 69 heavy (non-hydrogen) atoms. The molecule has 4 aromatic heterocycles. The number of anilines is 4. The second-order valence-electron chi connectivity index (χ2n) is 18.4. The summed E-state index contributed by atoms with van der Waals surface area (Å²) in [6, 6.07) is 26.7. The van der Waals surface area contributed by atoms with Crippen molar-refractivity contribution in [3.05, 3.63) is 149 Å². The van der Waals surface area contributed by atoms with Crippen molar-refractivity contribution in [1.82, 2.24) is 50.1 Å². The summed E-state index contributed by atoms with van der Waals surface area (Å²) in [5, 5.41) is 12.2.